The molecule has 0 aromatic heterocycles. The molecule has 0 radical (unpaired) electrons. The van der Waals surface area contributed by atoms with E-state index in [9.17, 15) is 8.42 Å². The lowest BCUT2D eigenvalue weighted by atomic mass is 10.1. The average Bonchev–Trinajstić information content (AvgIpc) is 1.81. The van der Waals surface area contributed by atoms with Gasteiger partial charge in [0.15, 0.2) is 0 Å². The highest BCUT2D eigenvalue weighted by atomic mass is 32.2. The molecule has 0 unspecified atom stereocenters. The first-order chi connectivity index (χ1) is 4.81. The quantitative estimate of drug-likeness (QED) is 0.672. The molecular weight excluding hydrogens is 164 g/mol. The zero-order valence-corrected chi connectivity index (χ0v) is 8.11. The molecule has 3 nitrogen and oxygen atoms in total. The van der Waals surface area contributed by atoms with Crippen LogP contribution in [0.4, 0.5) is 0 Å². The van der Waals surface area contributed by atoms with Crippen LogP contribution in [0.5, 0.6) is 0 Å². The predicted octanol–water partition coefficient (Wildman–Crippen LogP) is 1.84. The maximum atomic E-state index is 10.7. The van der Waals surface area contributed by atoms with Crippen molar-refractivity contribution in [2.24, 2.45) is 0 Å². The Bertz CT molecular complexity index is 204. The highest BCUT2D eigenvalue weighted by Crippen LogP contribution is 2.21. The molecule has 0 rings (SSSR count). The summed E-state index contributed by atoms with van der Waals surface area (Å²) < 4.78 is 29.2. The van der Waals surface area contributed by atoms with Crippen LogP contribution in [0.2, 0.25) is 0 Å². The normalized spacial score (nSPS) is 13.5. The van der Waals surface area contributed by atoms with E-state index in [1.54, 1.807) is 0 Å². The molecule has 11 heavy (non-hydrogen) atoms. The fourth-order valence-electron chi connectivity index (χ4n) is 0.731. The molecule has 0 fully saturated rings. The van der Waals surface area contributed by atoms with Crippen LogP contribution in [-0.4, -0.2) is 17.7 Å². The Hall–Kier alpha value is -0.0900. The lowest BCUT2D eigenvalue weighted by molar-refractivity contribution is 0.426. The van der Waals surface area contributed by atoms with Crippen molar-refractivity contribution in [1.82, 2.24) is 0 Å². The molecule has 0 aliphatic heterocycles. The zero-order chi connectivity index (χ0) is 9.12. The van der Waals surface area contributed by atoms with E-state index < -0.39 is 14.9 Å². The second-order valence-electron chi connectivity index (χ2n) is 3.34. The van der Waals surface area contributed by atoms with E-state index in [0.29, 0.717) is 6.42 Å². The van der Waals surface area contributed by atoms with E-state index in [1.165, 1.54) is 13.8 Å². The van der Waals surface area contributed by atoms with Crippen molar-refractivity contribution < 1.29 is 13.0 Å². The topological polar surface area (TPSA) is 54.4 Å². The molecule has 0 aliphatic carbocycles. The molecule has 0 amide bonds. The molecule has 0 aromatic carbocycles. The molecule has 0 atom stereocenters. The summed E-state index contributed by atoms with van der Waals surface area (Å²) in [7, 11) is -3.87. The first-order valence-corrected chi connectivity index (χ1v) is 5.22. The Balaban J connectivity index is 4.24. The second-order valence-corrected chi connectivity index (χ2v) is 5.39. The molecule has 1 N–H and O–H groups in total. The summed E-state index contributed by atoms with van der Waals surface area (Å²) in [4.78, 5) is 0. The van der Waals surface area contributed by atoms with Gasteiger partial charge in [0.1, 0.15) is 0 Å². The summed E-state index contributed by atoms with van der Waals surface area (Å²) >= 11 is 0. The zero-order valence-electron chi connectivity index (χ0n) is 7.29. The summed E-state index contributed by atoms with van der Waals surface area (Å²) in [5, 5.41) is 0. The summed E-state index contributed by atoms with van der Waals surface area (Å²) in [6, 6.07) is 0. The average molecular weight is 180 g/mol. The van der Waals surface area contributed by atoms with E-state index in [4.69, 9.17) is 4.55 Å². The van der Waals surface area contributed by atoms with Gasteiger partial charge >= 0.3 is 0 Å². The van der Waals surface area contributed by atoms with Gasteiger partial charge < -0.3 is 0 Å². The second kappa shape index (κ2) is 3.54. The van der Waals surface area contributed by atoms with Crippen LogP contribution in [0.3, 0.4) is 0 Å². The smallest absolute Gasteiger partial charge is 0.270 e. The van der Waals surface area contributed by atoms with Gasteiger partial charge in [0.25, 0.3) is 10.1 Å². The predicted molar refractivity (Wildman–Crippen MR) is 45.2 cm³/mol. The number of rotatable bonds is 4. The molecule has 0 aliphatic rings. The third-order valence-electron chi connectivity index (χ3n) is 1.83. The van der Waals surface area contributed by atoms with E-state index in [2.05, 4.69) is 0 Å². The maximum Gasteiger partial charge on any atom is 0.270 e. The van der Waals surface area contributed by atoms with Crippen LogP contribution in [-0.2, 0) is 10.1 Å². The van der Waals surface area contributed by atoms with Crippen LogP contribution in [0.1, 0.15) is 40.0 Å². The number of hydrogen-bond acceptors (Lipinski definition) is 2. The molecule has 0 aromatic rings. The highest BCUT2D eigenvalue weighted by Gasteiger charge is 2.31. The Labute approximate surface area is 68.6 Å². The van der Waals surface area contributed by atoms with Gasteiger partial charge in [0.05, 0.1) is 4.75 Å². The van der Waals surface area contributed by atoms with Crippen molar-refractivity contribution in [3.8, 4) is 0 Å². The fourth-order valence-corrected chi connectivity index (χ4v) is 1.13. The largest absolute Gasteiger partial charge is 0.285 e. The SMILES string of the molecule is CCCCC(C)(C)S(=O)(=O)O. The molecule has 0 spiro atoms. The van der Waals surface area contributed by atoms with Gasteiger partial charge in [0, 0.05) is 0 Å². The minimum absolute atomic E-state index is 0.516. The summed E-state index contributed by atoms with van der Waals surface area (Å²) in [6.07, 6.45) is 2.29. The monoisotopic (exact) mass is 180 g/mol. The Morgan fingerprint density at radius 3 is 2.09 bits per heavy atom. The van der Waals surface area contributed by atoms with Crippen LogP contribution < -0.4 is 0 Å². The Morgan fingerprint density at radius 1 is 1.36 bits per heavy atom. The third kappa shape index (κ3) is 3.20. The first kappa shape index (κ1) is 10.9. The van der Waals surface area contributed by atoms with Crippen molar-refractivity contribution in [1.29, 1.82) is 0 Å². The van der Waals surface area contributed by atoms with E-state index in [-0.39, 0.29) is 0 Å². The maximum absolute atomic E-state index is 10.7. The highest BCUT2D eigenvalue weighted by molar-refractivity contribution is 7.87. The van der Waals surface area contributed by atoms with Gasteiger partial charge in [-0.25, -0.2) is 0 Å². The van der Waals surface area contributed by atoms with E-state index in [0.717, 1.165) is 12.8 Å². The summed E-state index contributed by atoms with van der Waals surface area (Å²) in [5.74, 6) is 0. The van der Waals surface area contributed by atoms with Crippen LogP contribution in [0.15, 0.2) is 0 Å². The third-order valence-corrected chi connectivity index (χ3v) is 3.43. The lowest BCUT2D eigenvalue weighted by Crippen LogP contribution is -2.30. The van der Waals surface area contributed by atoms with Gasteiger partial charge in [-0.15, -0.1) is 0 Å². The van der Waals surface area contributed by atoms with Gasteiger partial charge in [-0.1, -0.05) is 19.8 Å². The van der Waals surface area contributed by atoms with Crippen molar-refractivity contribution in [3.05, 3.63) is 0 Å². The first-order valence-electron chi connectivity index (χ1n) is 3.78. The van der Waals surface area contributed by atoms with Gasteiger partial charge in [-0.3, -0.25) is 4.55 Å². The fraction of sp³-hybridized carbons (Fsp3) is 1.00. The number of unbranched alkanes of at least 4 members (excludes halogenated alkanes) is 1. The van der Waals surface area contributed by atoms with Crippen molar-refractivity contribution in [2.45, 2.75) is 44.8 Å². The lowest BCUT2D eigenvalue weighted by Gasteiger charge is -2.19. The van der Waals surface area contributed by atoms with Crippen molar-refractivity contribution in [2.75, 3.05) is 0 Å². The summed E-state index contributed by atoms with van der Waals surface area (Å²) in [6.45, 7) is 5.07. The molecule has 0 saturated heterocycles. The van der Waals surface area contributed by atoms with Gasteiger partial charge in [0.2, 0.25) is 0 Å². The Morgan fingerprint density at radius 2 is 1.82 bits per heavy atom. The minimum Gasteiger partial charge on any atom is -0.285 e. The molecule has 0 saturated carbocycles. The van der Waals surface area contributed by atoms with Crippen molar-refractivity contribution >= 4 is 10.1 Å². The number of hydrogen-bond donors (Lipinski definition) is 1. The Kier molecular flexibility index (Phi) is 3.51. The van der Waals surface area contributed by atoms with E-state index >= 15 is 0 Å². The van der Waals surface area contributed by atoms with Crippen LogP contribution in [0, 0.1) is 0 Å². The molecule has 0 bridgehead atoms. The van der Waals surface area contributed by atoms with Crippen LogP contribution in [0.25, 0.3) is 0 Å². The summed E-state index contributed by atoms with van der Waals surface area (Å²) in [5.41, 5.74) is 0. The van der Waals surface area contributed by atoms with Crippen molar-refractivity contribution in [3.63, 3.8) is 0 Å². The van der Waals surface area contributed by atoms with Gasteiger partial charge in [-0.2, -0.15) is 8.42 Å². The standard InChI is InChI=1S/C7H16O3S/c1-4-5-6-7(2,3)11(8,9)10/h4-6H2,1-3H3,(H,8,9,10). The molecule has 0 heterocycles. The molecular formula is C7H16O3S. The van der Waals surface area contributed by atoms with E-state index in [1.807, 2.05) is 6.92 Å². The molecule has 68 valence electrons. The molecule has 4 heteroatoms. The minimum atomic E-state index is -3.87. The van der Waals surface area contributed by atoms with Crippen LogP contribution >= 0.6 is 0 Å². The van der Waals surface area contributed by atoms with Gasteiger partial charge in [-0.05, 0) is 20.3 Å².